The molecule has 0 saturated carbocycles. The van der Waals surface area contributed by atoms with Gasteiger partial charge >= 0.3 is 23.9 Å². The van der Waals surface area contributed by atoms with E-state index in [1.165, 1.54) is 62.4 Å². The maximum absolute atomic E-state index is 12.0. The molecule has 0 atom stereocenters. The van der Waals surface area contributed by atoms with Crippen LogP contribution in [-0.4, -0.2) is 29.0 Å². The molecule has 8 nitrogen and oxygen atoms in total. The van der Waals surface area contributed by atoms with E-state index in [9.17, 15) is 19.2 Å². The molecule has 144 valence electrons. The van der Waals surface area contributed by atoms with Gasteiger partial charge in [-0.3, -0.25) is 9.59 Å². The topological polar surface area (TPSA) is 116 Å². The fourth-order valence-electron chi connectivity index (χ4n) is 2.14. The molecule has 0 heterocycles. The molecular weight excluding hydrogens is 368 g/mol. The number of benzene rings is 2. The van der Waals surface area contributed by atoms with Crippen molar-refractivity contribution in [3.8, 4) is 17.2 Å². The van der Waals surface area contributed by atoms with Gasteiger partial charge in [0.15, 0.2) is 11.5 Å². The number of hydrogen-bond acceptors (Lipinski definition) is 7. The van der Waals surface area contributed by atoms with Gasteiger partial charge in [0, 0.05) is 19.9 Å². The minimum Gasteiger partial charge on any atom is -0.478 e. The first-order chi connectivity index (χ1) is 13.3. The lowest BCUT2D eigenvalue weighted by atomic mass is 10.2. The zero-order valence-electron chi connectivity index (χ0n) is 15.0. The molecule has 0 fully saturated rings. The Morgan fingerprint density at radius 3 is 2.11 bits per heavy atom. The zero-order valence-corrected chi connectivity index (χ0v) is 15.0. The molecule has 0 saturated heterocycles. The first kappa shape index (κ1) is 20.4. The number of esters is 3. The third-order valence-corrected chi connectivity index (χ3v) is 3.22. The van der Waals surface area contributed by atoms with Crippen LogP contribution in [0.15, 0.2) is 48.5 Å². The quantitative estimate of drug-likeness (QED) is 0.459. The SMILES string of the molecule is CC(=O)Oc1ccc(/C=C/C(=O)Oc2ccccc2C(=O)O)cc1OC(C)=O. The average Bonchev–Trinajstić information content (AvgIpc) is 2.61. The molecule has 1 N–H and O–H groups in total. The molecule has 0 radical (unpaired) electrons. The van der Waals surface area contributed by atoms with Crippen molar-refractivity contribution in [1.29, 1.82) is 0 Å². The van der Waals surface area contributed by atoms with Gasteiger partial charge in [-0.1, -0.05) is 18.2 Å². The van der Waals surface area contributed by atoms with Crippen LogP contribution in [0.4, 0.5) is 0 Å². The molecule has 0 aliphatic heterocycles. The first-order valence-electron chi connectivity index (χ1n) is 7.99. The minimum atomic E-state index is -1.22. The van der Waals surface area contributed by atoms with Gasteiger partial charge in [0.05, 0.1) is 0 Å². The fraction of sp³-hybridized carbons (Fsp3) is 0.100. The van der Waals surface area contributed by atoms with E-state index < -0.39 is 23.9 Å². The van der Waals surface area contributed by atoms with E-state index in [-0.39, 0.29) is 22.8 Å². The summed E-state index contributed by atoms with van der Waals surface area (Å²) in [5.74, 6) is -3.24. The van der Waals surface area contributed by atoms with Gasteiger partial charge in [0.2, 0.25) is 0 Å². The monoisotopic (exact) mass is 384 g/mol. The van der Waals surface area contributed by atoms with Crippen molar-refractivity contribution in [2.75, 3.05) is 0 Å². The van der Waals surface area contributed by atoms with Crippen LogP contribution in [0.2, 0.25) is 0 Å². The highest BCUT2D eigenvalue weighted by Gasteiger charge is 2.13. The number of para-hydroxylation sites is 1. The number of carboxylic acids is 1. The minimum absolute atomic E-state index is 0.00874. The normalized spacial score (nSPS) is 10.4. The summed E-state index contributed by atoms with van der Waals surface area (Å²) in [5, 5.41) is 9.09. The van der Waals surface area contributed by atoms with Gasteiger partial charge in [-0.05, 0) is 35.9 Å². The molecule has 2 aromatic rings. The summed E-state index contributed by atoms with van der Waals surface area (Å²) in [6, 6.07) is 10.1. The lowest BCUT2D eigenvalue weighted by Crippen LogP contribution is -2.08. The van der Waals surface area contributed by atoms with E-state index in [0.717, 1.165) is 6.08 Å². The van der Waals surface area contributed by atoms with E-state index in [4.69, 9.17) is 19.3 Å². The van der Waals surface area contributed by atoms with E-state index in [1.807, 2.05) is 0 Å². The van der Waals surface area contributed by atoms with Crippen LogP contribution in [-0.2, 0) is 14.4 Å². The van der Waals surface area contributed by atoms with Crippen LogP contribution in [0.3, 0.4) is 0 Å². The number of aromatic carboxylic acids is 1. The van der Waals surface area contributed by atoms with Crippen molar-refractivity contribution >= 4 is 30.0 Å². The second-order valence-corrected chi connectivity index (χ2v) is 5.45. The molecule has 0 spiro atoms. The molecule has 0 amide bonds. The third-order valence-electron chi connectivity index (χ3n) is 3.22. The molecule has 0 bridgehead atoms. The summed E-state index contributed by atoms with van der Waals surface area (Å²) in [6.45, 7) is 2.40. The van der Waals surface area contributed by atoms with Gasteiger partial charge in [-0.15, -0.1) is 0 Å². The Morgan fingerprint density at radius 1 is 0.821 bits per heavy atom. The average molecular weight is 384 g/mol. The highest BCUT2D eigenvalue weighted by Crippen LogP contribution is 2.29. The van der Waals surface area contributed by atoms with Gasteiger partial charge in [-0.2, -0.15) is 0 Å². The smallest absolute Gasteiger partial charge is 0.339 e. The maximum Gasteiger partial charge on any atom is 0.339 e. The van der Waals surface area contributed by atoms with Crippen LogP contribution in [0.5, 0.6) is 17.2 Å². The van der Waals surface area contributed by atoms with Crippen LogP contribution in [0, 0.1) is 0 Å². The second-order valence-electron chi connectivity index (χ2n) is 5.45. The lowest BCUT2D eigenvalue weighted by Gasteiger charge is -2.09. The zero-order chi connectivity index (χ0) is 20.7. The van der Waals surface area contributed by atoms with E-state index in [1.54, 1.807) is 0 Å². The van der Waals surface area contributed by atoms with Gasteiger partial charge in [0.25, 0.3) is 0 Å². The number of hydrogen-bond donors (Lipinski definition) is 1. The van der Waals surface area contributed by atoms with Crippen molar-refractivity contribution < 1.29 is 38.5 Å². The van der Waals surface area contributed by atoms with Crippen LogP contribution in [0.1, 0.15) is 29.8 Å². The number of ether oxygens (including phenoxy) is 3. The Hall–Kier alpha value is -3.94. The summed E-state index contributed by atoms with van der Waals surface area (Å²) >= 11 is 0. The molecular formula is C20H16O8. The molecule has 0 aliphatic rings. The molecule has 0 aliphatic carbocycles. The summed E-state index contributed by atoms with van der Waals surface area (Å²) in [7, 11) is 0. The van der Waals surface area contributed by atoms with Crippen molar-refractivity contribution in [3.05, 3.63) is 59.7 Å². The highest BCUT2D eigenvalue weighted by molar-refractivity contribution is 5.94. The Morgan fingerprint density at radius 2 is 1.46 bits per heavy atom. The van der Waals surface area contributed by atoms with Crippen LogP contribution < -0.4 is 14.2 Å². The molecule has 0 unspecified atom stereocenters. The molecule has 2 rings (SSSR count). The number of rotatable bonds is 6. The highest BCUT2D eigenvalue weighted by atomic mass is 16.6. The number of carbonyl (C=O) groups is 4. The van der Waals surface area contributed by atoms with Crippen LogP contribution >= 0.6 is 0 Å². The summed E-state index contributed by atoms with van der Waals surface area (Å²) in [6.07, 6.45) is 2.45. The molecule has 28 heavy (non-hydrogen) atoms. The van der Waals surface area contributed by atoms with E-state index in [2.05, 4.69) is 0 Å². The van der Waals surface area contributed by atoms with E-state index in [0.29, 0.717) is 5.56 Å². The predicted molar refractivity (Wildman–Crippen MR) is 97.1 cm³/mol. The summed E-state index contributed by atoms with van der Waals surface area (Å²) in [4.78, 5) is 45.4. The Labute approximate surface area is 159 Å². The largest absolute Gasteiger partial charge is 0.478 e. The molecule has 0 aromatic heterocycles. The lowest BCUT2D eigenvalue weighted by molar-refractivity contribution is -0.134. The van der Waals surface area contributed by atoms with Crippen molar-refractivity contribution in [2.24, 2.45) is 0 Å². The Kier molecular flexibility index (Phi) is 6.64. The first-order valence-corrected chi connectivity index (χ1v) is 7.99. The Bertz CT molecular complexity index is 958. The standard InChI is InChI=1S/C20H16O8/c1-12(21)26-17-9-7-14(11-18(17)27-13(2)22)8-10-19(23)28-16-6-4-3-5-15(16)20(24)25/h3-11H,1-2H3,(H,24,25)/b10-8+. The number of carboxylic acid groups (broad SMARTS) is 1. The third kappa shape index (κ3) is 5.80. The predicted octanol–water partition coefficient (Wildman–Crippen LogP) is 2.85. The van der Waals surface area contributed by atoms with Crippen molar-refractivity contribution in [2.45, 2.75) is 13.8 Å². The summed E-state index contributed by atoms with van der Waals surface area (Å²) in [5.41, 5.74) is 0.308. The van der Waals surface area contributed by atoms with Gasteiger partial charge < -0.3 is 19.3 Å². The van der Waals surface area contributed by atoms with Crippen molar-refractivity contribution in [3.63, 3.8) is 0 Å². The van der Waals surface area contributed by atoms with Crippen molar-refractivity contribution in [1.82, 2.24) is 0 Å². The maximum atomic E-state index is 12.0. The number of carbonyl (C=O) groups excluding carboxylic acids is 3. The van der Waals surface area contributed by atoms with Gasteiger partial charge in [0.1, 0.15) is 11.3 Å². The summed E-state index contributed by atoms with van der Waals surface area (Å²) < 4.78 is 15.0. The second kappa shape index (κ2) is 9.13. The Balaban J connectivity index is 2.19. The van der Waals surface area contributed by atoms with Crippen LogP contribution in [0.25, 0.3) is 6.08 Å². The molecule has 8 heteroatoms. The fourth-order valence-corrected chi connectivity index (χ4v) is 2.14. The van der Waals surface area contributed by atoms with E-state index >= 15 is 0 Å². The van der Waals surface area contributed by atoms with Gasteiger partial charge in [-0.25, -0.2) is 9.59 Å². The molecule has 2 aromatic carbocycles.